The molecule has 1 aliphatic rings. The molecule has 140 valence electrons. The maximum absolute atomic E-state index is 6.19. The van der Waals surface area contributed by atoms with Gasteiger partial charge in [-0.2, -0.15) is 4.98 Å². The van der Waals surface area contributed by atoms with E-state index in [2.05, 4.69) is 68.1 Å². The predicted molar refractivity (Wildman–Crippen MR) is 114 cm³/mol. The molecule has 3 heterocycles. The van der Waals surface area contributed by atoms with Crippen LogP contribution in [-0.4, -0.2) is 36.1 Å². The molecule has 1 fully saturated rings. The van der Waals surface area contributed by atoms with E-state index in [1.807, 2.05) is 18.2 Å². The van der Waals surface area contributed by atoms with Crippen LogP contribution >= 0.6 is 11.6 Å². The van der Waals surface area contributed by atoms with Crippen molar-refractivity contribution in [2.24, 2.45) is 0 Å². The summed E-state index contributed by atoms with van der Waals surface area (Å²) in [5.41, 5.74) is 4.52. The molecule has 1 aliphatic heterocycles. The third-order valence-corrected chi connectivity index (χ3v) is 5.53. The Morgan fingerprint density at radius 3 is 2.36 bits per heavy atom. The number of aromatic amines is 1. The fourth-order valence-electron chi connectivity index (χ4n) is 4.04. The Kier molecular flexibility index (Phi) is 4.24. The van der Waals surface area contributed by atoms with Crippen molar-refractivity contribution in [1.29, 1.82) is 0 Å². The first-order valence-electron chi connectivity index (χ1n) is 9.53. The normalized spacial score (nSPS) is 14.8. The zero-order chi connectivity index (χ0) is 19.1. The SMILES string of the molecule is Cc1cc(N2CCN(c3nc(Cl)nc4ccccc34)CC2)c2ccccc2[nH+]1. The van der Waals surface area contributed by atoms with Crippen molar-refractivity contribution >= 4 is 44.9 Å². The van der Waals surface area contributed by atoms with Gasteiger partial charge in [0.2, 0.25) is 10.8 Å². The minimum Gasteiger partial charge on any atom is -0.367 e. The minimum atomic E-state index is 0.302. The van der Waals surface area contributed by atoms with Gasteiger partial charge in [0.1, 0.15) is 5.82 Å². The molecule has 5 nitrogen and oxygen atoms in total. The Labute approximate surface area is 168 Å². The van der Waals surface area contributed by atoms with Crippen molar-refractivity contribution in [2.45, 2.75) is 6.92 Å². The van der Waals surface area contributed by atoms with E-state index in [0.29, 0.717) is 5.28 Å². The van der Waals surface area contributed by atoms with E-state index < -0.39 is 0 Å². The molecule has 5 rings (SSSR count). The minimum absolute atomic E-state index is 0.302. The zero-order valence-electron chi connectivity index (χ0n) is 15.7. The van der Waals surface area contributed by atoms with Gasteiger partial charge in [-0.3, -0.25) is 0 Å². The van der Waals surface area contributed by atoms with Gasteiger partial charge in [-0.05, 0) is 29.8 Å². The summed E-state index contributed by atoms with van der Waals surface area (Å²) in [6.07, 6.45) is 0. The number of benzene rings is 2. The maximum Gasteiger partial charge on any atom is 0.224 e. The van der Waals surface area contributed by atoms with Crippen LogP contribution in [0.5, 0.6) is 0 Å². The summed E-state index contributed by atoms with van der Waals surface area (Å²) < 4.78 is 0. The van der Waals surface area contributed by atoms with E-state index >= 15 is 0 Å². The van der Waals surface area contributed by atoms with Gasteiger partial charge >= 0.3 is 0 Å². The molecule has 0 radical (unpaired) electrons. The smallest absolute Gasteiger partial charge is 0.224 e. The summed E-state index contributed by atoms with van der Waals surface area (Å²) in [6.45, 7) is 5.76. The Balaban J connectivity index is 1.45. The first-order valence-corrected chi connectivity index (χ1v) is 9.91. The molecular weight excluding hydrogens is 370 g/mol. The van der Waals surface area contributed by atoms with Gasteiger partial charge in [-0.15, -0.1) is 0 Å². The highest BCUT2D eigenvalue weighted by atomic mass is 35.5. The molecular formula is C22H21ClN5+. The second-order valence-electron chi connectivity index (χ2n) is 7.19. The summed E-state index contributed by atoms with van der Waals surface area (Å²) in [7, 11) is 0. The monoisotopic (exact) mass is 390 g/mol. The number of anilines is 2. The van der Waals surface area contributed by atoms with Crippen LogP contribution in [0.3, 0.4) is 0 Å². The largest absolute Gasteiger partial charge is 0.367 e. The van der Waals surface area contributed by atoms with Crippen molar-refractivity contribution in [2.75, 3.05) is 36.0 Å². The van der Waals surface area contributed by atoms with E-state index in [4.69, 9.17) is 11.6 Å². The lowest BCUT2D eigenvalue weighted by Crippen LogP contribution is -2.47. The average Bonchev–Trinajstić information content (AvgIpc) is 2.72. The molecule has 0 atom stereocenters. The van der Waals surface area contributed by atoms with Crippen molar-refractivity contribution < 1.29 is 4.98 Å². The molecule has 0 saturated carbocycles. The summed E-state index contributed by atoms with van der Waals surface area (Å²) in [4.78, 5) is 17.1. The molecule has 28 heavy (non-hydrogen) atoms. The van der Waals surface area contributed by atoms with Crippen LogP contribution in [0.1, 0.15) is 5.69 Å². The third kappa shape index (κ3) is 3.02. The Hall–Kier alpha value is -2.92. The zero-order valence-corrected chi connectivity index (χ0v) is 16.4. The highest BCUT2D eigenvalue weighted by Crippen LogP contribution is 2.29. The van der Waals surface area contributed by atoms with Crippen LogP contribution in [0, 0.1) is 6.92 Å². The van der Waals surface area contributed by atoms with Crippen LogP contribution in [0.25, 0.3) is 21.8 Å². The van der Waals surface area contributed by atoms with Gasteiger partial charge in [0.15, 0.2) is 5.69 Å². The summed E-state index contributed by atoms with van der Waals surface area (Å²) in [5, 5.41) is 2.62. The van der Waals surface area contributed by atoms with Crippen LogP contribution < -0.4 is 14.8 Å². The molecule has 2 aromatic heterocycles. The quantitative estimate of drug-likeness (QED) is 0.487. The van der Waals surface area contributed by atoms with E-state index in [0.717, 1.165) is 42.9 Å². The van der Waals surface area contributed by atoms with Gasteiger partial charge in [-0.1, -0.05) is 24.3 Å². The van der Waals surface area contributed by atoms with Crippen molar-refractivity contribution in [3.8, 4) is 0 Å². The van der Waals surface area contributed by atoms with Gasteiger partial charge < -0.3 is 9.80 Å². The molecule has 4 aromatic rings. The van der Waals surface area contributed by atoms with Gasteiger partial charge in [0.25, 0.3) is 0 Å². The van der Waals surface area contributed by atoms with Gasteiger partial charge in [-0.25, -0.2) is 9.97 Å². The third-order valence-electron chi connectivity index (χ3n) is 5.36. The van der Waals surface area contributed by atoms with E-state index in [1.165, 1.54) is 22.3 Å². The molecule has 2 aromatic carbocycles. The molecule has 0 aliphatic carbocycles. The first-order chi connectivity index (χ1) is 13.7. The highest BCUT2D eigenvalue weighted by molar-refractivity contribution is 6.28. The topological polar surface area (TPSA) is 46.4 Å². The second kappa shape index (κ2) is 6.91. The Morgan fingerprint density at radius 2 is 1.54 bits per heavy atom. The van der Waals surface area contributed by atoms with Crippen molar-refractivity contribution in [3.05, 3.63) is 65.6 Å². The number of nitrogens with one attached hydrogen (secondary N) is 1. The lowest BCUT2D eigenvalue weighted by molar-refractivity contribution is -0.354. The van der Waals surface area contributed by atoms with E-state index in [-0.39, 0.29) is 0 Å². The summed E-state index contributed by atoms with van der Waals surface area (Å²) >= 11 is 6.19. The lowest BCUT2D eigenvalue weighted by atomic mass is 10.1. The lowest BCUT2D eigenvalue weighted by Gasteiger charge is -2.37. The number of aryl methyl sites for hydroxylation is 1. The van der Waals surface area contributed by atoms with Crippen LogP contribution in [0.15, 0.2) is 54.6 Å². The van der Waals surface area contributed by atoms with Crippen LogP contribution in [0.4, 0.5) is 11.5 Å². The summed E-state index contributed by atoms with van der Waals surface area (Å²) in [5.74, 6) is 0.928. The molecule has 0 amide bonds. The summed E-state index contributed by atoms with van der Waals surface area (Å²) in [6, 6.07) is 18.8. The molecule has 1 N–H and O–H groups in total. The molecule has 6 heteroatoms. The fraction of sp³-hybridized carbons (Fsp3) is 0.227. The number of piperazine rings is 1. The molecule has 1 saturated heterocycles. The van der Waals surface area contributed by atoms with Gasteiger partial charge in [0, 0.05) is 50.6 Å². The molecule has 0 unspecified atom stereocenters. The number of H-pyrrole nitrogens is 1. The van der Waals surface area contributed by atoms with Gasteiger partial charge in [0.05, 0.1) is 16.6 Å². The molecule has 0 bridgehead atoms. The highest BCUT2D eigenvalue weighted by Gasteiger charge is 2.23. The van der Waals surface area contributed by atoms with Crippen molar-refractivity contribution in [1.82, 2.24) is 9.97 Å². The number of nitrogens with zero attached hydrogens (tertiary/aromatic N) is 4. The Bertz CT molecular complexity index is 1070. The number of para-hydroxylation sites is 2. The number of hydrogen-bond donors (Lipinski definition) is 0. The van der Waals surface area contributed by atoms with Crippen LogP contribution in [-0.2, 0) is 0 Å². The number of aromatic nitrogens is 3. The fourth-order valence-corrected chi connectivity index (χ4v) is 4.21. The standard InChI is InChI=1S/C22H20ClN5/c1-15-14-20(16-6-2-4-8-18(16)24-15)27-10-12-28(13-11-27)21-17-7-3-5-9-19(17)25-22(23)26-21/h2-9,14H,10-13H2,1H3/p+1. The average molecular weight is 391 g/mol. The first kappa shape index (κ1) is 17.2. The predicted octanol–water partition coefficient (Wildman–Crippen LogP) is 3.89. The number of hydrogen-bond acceptors (Lipinski definition) is 4. The Morgan fingerprint density at radius 1 is 0.857 bits per heavy atom. The molecule has 0 spiro atoms. The number of fused-ring (bicyclic) bond motifs is 2. The number of rotatable bonds is 2. The van der Waals surface area contributed by atoms with E-state index in [9.17, 15) is 0 Å². The van der Waals surface area contributed by atoms with Crippen LogP contribution in [0.2, 0.25) is 5.28 Å². The second-order valence-corrected chi connectivity index (χ2v) is 7.53. The van der Waals surface area contributed by atoms with E-state index in [1.54, 1.807) is 0 Å². The van der Waals surface area contributed by atoms with Crippen molar-refractivity contribution in [3.63, 3.8) is 0 Å². The number of halogens is 1. The number of pyridine rings is 1. The maximum atomic E-state index is 6.19.